The van der Waals surface area contributed by atoms with Crippen molar-refractivity contribution in [1.29, 1.82) is 0 Å². The zero-order chi connectivity index (χ0) is 15.5. The third kappa shape index (κ3) is 7.66. The summed E-state index contributed by atoms with van der Waals surface area (Å²) in [5.41, 5.74) is 3.57. The molecule has 0 heterocycles. The Hall–Kier alpha value is -0.820. The number of rotatable bonds is 11. The van der Waals surface area contributed by atoms with E-state index in [0.29, 0.717) is 0 Å². The summed E-state index contributed by atoms with van der Waals surface area (Å²) in [5.74, 6) is 0. The van der Waals surface area contributed by atoms with Crippen molar-refractivity contribution in [3.63, 3.8) is 0 Å². The highest BCUT2D eigenvalue weighted by Gasteiger charge is 2.10. The van der Waals surface area contributed by atoms with Crippen LogP contribution in [0.5, 0.6) is 0 Å². The normalized spacial score (nSPS) is 12.6. The Kier molecular flexibility index (Phi) is 9.41. The van der Waals surface area contributed by atoms with E-state index in [1.165, 1.54) is 62.5 Å². The third-order valence-corrected chi connectivity index (χ3v) is 4.37. The fourth-order valence-corrected chi connectivity index (χ4v) is 2.92. The van der Waals surface area contributed by atoms with Gasteiger partial charge in [0.05, 0.1) is 6.10 Å². The number of benzene rings is 1. The van der Waals surface area contributed by atoms with Gasteiger partial charge < -0.3 is 5.11 Å². The van der Waals surface area contributed by atoms with Crippen LogP contribution in [-0.2, 0) is 0 Å². The molecule has 0 saturated heterocycles. The lowest BCUT2D eigenvalue weighted by atomic mass is 9.96. The maximum Gasteiger partial charge on any atom is 0.0792 e. The van der Waals surface area contributed by atoms with Crippen LogP contribution in [0.15, 0.2) is 18.2 Å². The standard InChI is InChI=1S/C20H34O/c1-4-5-6-7-8-9-10-11-12-13-20(21)19-16-17(2)14-15-18(19)3/h14-16,20-21H,4-13H2,1-3H3. The Labute approximate surface area is 131 Å². The van der Waals surface area contributed by atoms with Crippen LogP contribution in [0.2, 0.25) is 0 Å². The van der Waals surface area contributed by atoms with Crippen molar-refractivity contribution in [2.24, 2.45) is 0 Å². The Morgan fingerprint density at radius 3 is 2.05 bits per heavy atom. The highest BCUT2D eigenvalue weighted by Crippen LogP contribution is 2.24. The zero-order valence-electron chi connectivity index (χ0n) is 14.3. The molecule has 1 unspecified atom stereocenters. The first-order valence-corrected chi connectivity index (χ1v) is 8.90. The maximum absolute atomic E-state index is 10.3. The van der Waals surface area contributed by atoms with Gasteiger partial charge >= 0.3 is 0 Å². The topological polar surface area (TPSA) is 20.2 Å². The van der Waals surface area contributed by atoms with Crippen molar-refractivity contribution in [3.05, 3.63) is 34.9 Å². The summed E-state index contributed by atoms with van der Waals surface area (Å²) >= 11 is 0. The molecular formula is C20H34O. The molecule has 0 amide bonds. The number of aliphatic hydroxyl groups is 1. The molecule has 0 spiro atoms. The average Bonchev–Trinajstić information content (AvgIpc) is 2.48. The van der Waals surface area contributed by atoms with E-state index in [1.807, 2.05) is 0 Å². The van der Waals surface area contributed by atoms with E-state index in [1.54, 1.807) is 0 Å². The van der Waals surface area contributed by atoms with Crippen LogP contribution in [0.1, 0.15) is 93.9 Å². The van der Waals surface area contributed by atoms with Crippen LogP contribution in [0, 0.1) is 13.8 Å². The van der Waals surface area contributed by atoms with Gasteiger partial charge in [0.25, 0.3) is 0 Å². The second-order valence-corrected chi connectivity index (χ2v) is 6.49. The van der Waals surface area contributed by atoms with Crippen LogP contribution < -0.4 is 0 Å². The number of hydrogen-bond acceptors (Lipinski definition) is 1. The molecule has 0 fully saturated rings. The molecule has 1 N–H and O–H groups in total. The minimum Gasteiger partial charge on any atom is -0.388 e. The number of hydrogen-bond donors (Lipinski definition) is 1. The maximum atomic E-state index is 10.3. The summed E-state index contributed by atoms with van der Waals surface area (Å²) in [4.78, 5) is 0. The van der Waals surface area contributed by atoms with Crippen LogP contribution in [-0.4, -0.2) is 5.11 Å². The van der Waals surface area contributed by atoms with Crippen molar-refractivity contribution in [3.8, 4) is 0 Å². The molecule has 1 atom stereocenters. The smallest absolute Gasteiger partial charge is 0.0792 e. The first-order valence-electron chi connectivity index (χ1n) is 8.90. The van der Waals surface area contributed by atoms with Gasteiger partial charge in [-0.2, -0.15) is 0 Å². The molecule has 0 saturated carbocycles. The quantitative estimate of drug-likeness (QED) is 0.477. The number of aliphatic hydroxyl groups excluding tert-OH is 1. The Bertz CT molecular complexity index is 383. The SMILES string of the molecule is CCCCCCCCCCCC(O)c1cc(C)ccc1C. The van der Waals surface area contributed by atoms with Crippen molar-refractivity contribution in [2.75, 3.05) is 0 Å². The summed E-state index contributed by atoms with van der Waals surface area (Å²) in [6.07, 6.45) is 12.6. The minimum atomic E-state index is -0.283. The number of aryl methyl sites for hydroxylation is 2. The summed E-state index contributed by atoms with van der Waals surface area (Å²) < 4.78 is 0. The lowest BCUT2D eigenvalue weighted by Crippen LogP contribution is -2.00. The van der Waals surface area contributed by atoms with Crippen LogP contribution in [0.3, 0.4) is 0 Å². The molecule has 0 aliphatic heterocycles. The Morgan fingerprint density at radius 2 is 1.43 bits per heavy atom. The summed E-state index contributed by atoms with van der Waals surface area (Å²) in [5, 5.41) is 10.3. The number of unbranched alkanes of at least 4 members (excludes halogenated alkanes) is 8. The van der Waals surface area contributed by atoms with Gasteiger partial charge in [0.1, 0.15) is 0 Å². The van der Waals surface area contributed by atoms with Crippen molar-refractivity contribution in [1.82, 2.24) is 0 Å². The van der Waals surface area contributed by atoms with E-state index >= 15 is 0 Å². The van der Waals surface area contributed by atoms with Crippen molar-refractivity contribution < 1.29 is 5.11 Å². The first kappa shape index (κ1) is 18.2. The molecule has 0 aliphatic carbocycles. The fraction of sp³-hybridized carbons (Fsp3) is 0.700. The predicted octanol–water partition coefficient (Wildman–Crippen LogP) is 6.26. The van der Waals surface area contributed by atoms with Gasteiger partial charge in [-0.3, -0.25) is 0 Å². The second kappa shape index (κ2) is 10.8. The second-order valence-electron chi connectivity index (χ2n) is 6.49. The minimum absolute atomic E-state index is 0.283. The summed E-state index contributed by atoms with van der Waals surface area (Å²) in [6.45, 7) is 6.45. The molecule has 1 nitrogen and oxygen atoms in total. The predicted molar refractivity (Wildman–Crippen MR) is 92.7 cm³/mol. The van der Waals surface area contributed by atoms with Crippen LogP contribution >= 0.6 is 0 Å². The Balaban J connectivity index is 2.11. The first-order chi connectivity index (χ1) is 10.1. The highest BCUT2D eigenvalue weighted by molar-refractivity contribution is 5.32. The van der Waals surface area contributed by atoms with Gasteiger partial charge in [-0.05, 0) is 31.4 Å². The molecule has 0 aliphatic rings. The van der Waals surface area contributed by atoms with Gasteiger partial charge in [0.15, 0.2) is 0 Å². The van der Waals surface area contributed by atoms with Gasteiger partial charge in [-0.1, -0.05) is 88.5 Å². The lowest BCUT2D eigenvalue weighted by molar-refractivity contribution is 0.162. The molecule has 1 aromatic rings. The van der Waals surface area contributed by atoms with Gasteiger partial charge in [0.2, 0.25) is 0 Å². The molecule has 0 aromatic heterocycles. The van der Waals surface area contributed by atoms with Crippen molar-refractivity contribution >= 4 is 0 Å². The molecule has 0 radical (unpaired) electrons. The largest absolute Gasteiger partial charge is 0.388 e. The summed E-state index contributed by atoms with van der Waals surface area (Å²) in [7, 11) is 0. The van der Waals surface area contributed by atoms with Gasteiger partial charge in [0, 0.05) is 0 Å². The van der Waals surface area contributed by atoms with Crippen LogP contribution in [0.25, 0.3) is 0 Å². The van der Waals surface area contributed by atoms with E-state index in [4.69, 9.17) is 0 Å². The summed E-state index contributed by atoms with van der Waals surface area (Å²) in [6, 6.07) is 6.36. The molecule has 1 rings (SSSR count). The molecule has 21 heavy (non-hydrogen) atoms. The van der Waals surface area contributed by atoms with E-state index < -0.39 is 0 Å². The molecule has 1 aromatic carbocycles. The highest BCUT2D eigenvalue weighted by atomic mass is 16.3. The van der Waals surface area contributed by atoms with E-state index in [9.17, 15) is 5.11 Å². The Morgan fingerprint density at radius 1 is 0.857 bits per heavy atom. The van der Waals surface area contributed by atoms with Crippen LogP contribution in [0.4, 0.5) is 0 Å². The molecule has 0 bridgehead atoms. The lowest BCUT2D eigenvalue weighted by Gasteiger charge is -2.14. The molecule has 120 valence electrons. The van der Waals surface area contributed by atoms with E-state index in [0.717, 1.165) is 18.4 Å². The average molecular weight is 290 g/mol. The monoisotopic (exact) mass is 290 g/mol. The molecular weight excluding hydrogens is 256 g/mol. The van der Waals surface area contributed by atoms with E-state index in [2.05, 4.69) is 39.0 Å². The van der Waals surface area contributed by atoms with E-state index in [-0.39, 0.29) is 6.10 Å². The van der Waals surface area contributed by atoms with Gasteiger partial charge in [-0.25, -0.2) is 0 Å². The molecule has 1 heteroatoms. The fourth-order valence-electron chi connectivity index (χ4n) is 2.92. The third-order valence-electron chi connectivity index (χ3n) is 4.37. The van der Waals surface area contributed by atoms with Crippen molar-refractivity contribution in [2.45, 2.75) is 91.1 Å². The van der Waals surface area contributed by atoms with Gasteiger partial charge in [-0.15, -0.1) is 0 Å². The zero-order valence-corrected chi connectivity index (χ0v) is 14.3.